The molecule has 1 aromatic heterocycles. The highest BCUT2D eigenvalue weighted by atomic mass is 79.9. The van der Waals surface area contributed by atoms with Crippen molar-refractivity contribution in [3.63, 3.8) is 0 Å². The number of rotatable bonds is 3. The largest absolute Gasteiger partial charge is 0.409 e. The second kappa shape index (κ2) is 6.31. The minimum Gasteiger partial charge on any atom is -0.409 e. The van der Waals surface area contributed by atoms with E-state index in [9.17, 15) is 9.18 Å². The van der Waals surface area contributed by atoms with Gasteiger partial charge in [-0.2, -0.15) is 0 Å². The summed E-state index contributed by atoms with van der Waals surface area (Å²) >= 11 is 3.20. The third-order valence-corrected chi connectivity index (χ3v) is 3.24. The van der Waals surface area contributed by atoms with Gasteiger partial charge in [0.05, 0.1) is 11.3 Å². The van der Waals surface area contributed by atoms with Crippen LogP contribution in [0.4, 0.5) is 10.1 Å². The van der Waals surface area contributed by atoms with Crippen LogP contribution in [0.2, 0.25) is 0 Å². The maximum atomic E-state index is 13.8. The van der Waals surface area contributed by atoms with Crippen molar-refractivity contribution in [2.24, 2.45) is 10.9 Å². The van der Waals surface area contributed by atoms with Crippen molar-refractivity contribution in [1.82, 2.24) is 4.98 Å². The Kier molecular flexibility index (Phi) is 4.49. The Hall–Kier alpha value is -2.48. The summed E-state index contributed by atoms with van der Waals surface area (Å²) in [5.74, 6) is -1.72. The lowest BCUT2D eigenvalue weighted by Crippen LogP contribution is -2.21. The van der Waals surface area contributed by atoms with Gasteiger partial charge in [0.15, 0.2) is 5.84 Å². The smallest absolute Gasteiger partial charge is 0.275 e. The van der Waals surface area contributed by atoms with E-state index >= 15 is 0 Å². The predicted molar refractivity (Wildman–Crippen MR) is 78.8 cm³/mol. The number of carbonyl (C=O) groups is 1. The first-order chi connectivity index (χ1) is 10.0. The molecule has 0 aliphatic carbocycles. The molecule has 0 bridgehead atoms. The molecule has 21 heavy (non-hydrogen) atoms. The topological polar surface area (TPSA) is 101 Å². The molecular formula is C13H10BrFN4O2. The number of pyridine rings is 1. The fourth-order valence-corrected chi connectivity index (χ4v) is 2.11. The van der Waals surface area contributed by atoms with E-state index in [1.165, 1.54) is 18.3 Å². The lowest BCUT2D eigenvalue weighted by atomic mass is 10.1. The van der Waals surface area contributed by atoms with E-state index in [2.05, 4.69) is 31.4 Å². The van der Waals surface area contributed by atoms with Crippen molar-refractivity contribution >= 4 is 33.4 Å². The van der Waals surface area contributed by atoms with Crippen molar-refractivity contribution in [3.05, 3.63) is 58.1 Å². The highest BCUT2D eigenvalue weighted by molar-refractivity contribution is 9.10. The molecule has 2 aromatic rings. The number of anilines is 1. The SMILES string of the molecule is N/C(=N/O)c1c(F)cccc1NC(=O)c1ncccc1Br. The zero-order valence-electron chi connectivity index (χ0n) is 10.5. The first-order valence-electron chi connectivity index (χ1n) is 5.73. The number of nitrogens with two attached hydrogens (primary N) is 1. The molecule has 0 fully saturated rings. The van der Waals surface area contributed by atoms with Gasteiger partial charge < -0.3 is 16.3 Å². The number of nitrogens with zero attached hydrogens (tertiary/aromatic N) is 2. The number of amides is 1. The van der Waals surface area contributed by atoms with Gasteiger partial charge in [-0.3, -0.25) is 4.79 Å². The summed E-state index contributed by atoms with van der Waals surface area (Å²) in [5.41, 5.74) is 5.44. The number of halogens is 2. The lowest BCUT2D eigenvalue weighted by Gasteiger charge is -2.11. The van der Waals surface area contributed by atoms with Gasteiger partial charge in [0, 0.05) is 10.7 Å². The Morgan fingerprint density at radius 3 is 2.81 bits per heavy atom. The Morgan fingerprint density at radius 1 is 1.38 bits per heavy atom. The molecule has 6 nitrogen and oxygen atoms in total. The molecule has 8 heteroatoms. The first-order valence-corrected chi connectivity index (χ1v) is 6.52. The monoisotopic (exact) mass is 352 g/mol. The van der Waals surface area contributed by atoms with Crippen LogP contribution in [0, 0.1) is 5.82 Å². The van der Waals surface area contributed by atoms with Crippen LogP contribution in [0.1, 0.15) is 16.1 Å². The van der Waals surface area contributed by atoms with Crippen molar-refractivity contribution in [2.75, 3.05) is 5.32 Å². The van der Waals surface area contributed by atoms with Crippen LogP contribution in [0.15, 0.2) is 46.2 Å². The van der Waals surface area contributed by atoms with Gasteiger partial charge in [-0.15, -0.1) is 0 Å². The lowest BCUT2D eigenvalue weighted by molar-refractivity contribution is 0.102. The van der Waals surface area contributed by atoms with Crippen LogP contribution in [0.3, 0.4) is 0 Å². The standard InChI is InChI=1S/C13H10BrFN4O2/c14-7-3-2-6-17-11(7)13(20)18-9-5-1-4-8(15)10(9)12(16)19-21/h1-6,21H,(H2,16,19)(H,18,20). The number of hydrogen-bond donors (Lipinski definition) is 3. The molecule has 0 unspecified atom stereocenters. The second-order valence-corrected chi connectivity index (χ2v) is 4.79. The first kappa shape index (κ1) is 14.9. The average Bonchev–Trinajstić information content (AvgIpc) is 2.47. The highest BCUT2D eigenvalue weighted by Gasteiger charge is 2.17. The van der Waals surface area contributed by atoms with Crippen molar-refractivity contribution in [3.8, 4) is 0 Å². The number of nitrogens with one attached hydrogen (secondary N) is 1. The van der Waals surface area contributed by atoms with Crippen LogP contribution in [-0.4, -0.2) is 21.9 Å². The van der Waals surface area contributed by atoms with Crippen molar-refractivity contribution < 1.29 is 14.4 Å². The third kappa shape index (κ3) is 3.16. The molecule has 1 heterocycles. The van der Waals surface area contributed by atoms with Crippen LogP contribution in [-0.2, 0) is 0 Å². The van der Waals surface area contributed by atoms with Gasteiger partial charge in [0.2, 0.25) is 0 Å². The molecule has 1 aromatic carbocycles. The predicted octanol–water partition coefficient (Wildman–Crippen LogP) is 2.33. The molecule has 0 aliphatic heterocycles. The molecule has 1 amide bonds. The number of aromatic nitrogens is 1. The molecule has 2 rings (SSSR count). The third-order valence-electron chi connectivity index (χ3n) is 2.60. The average molecular weight is 353 g/mol. The van der Waals surface area contributed by atoms with Crippen LogP contribution in [0.25, 0.3) is 0 Å². The summed E-state index contributed by atoms with van der Waals surface area (Å²) in [4.78, 5) is 16.1. The fraction of sp³-hybridized carbons (Fsp3) is 0. The summed E-state index contributed by atoms with van der Waals surface area (Å²) in [6, 6.07) is 7.28. The minimum absolute atomic E-state index is 0.0767. The van der Waals surface area contributed by atoms with Crippen LogP contribution in [0.5, 0.6) is 0 Å². The molecule has 0 aliphatic rings. The van der Waals surface area contributed by atoms with E-state index in [4.69, 9.17) is 10.9 Å². The number of amidine groups is 1. The summed E-state index contributed by atoms with van der Waals surface area (Å²) in [7, 11) is 0. The van der Waals surface area contributed by atoms with Gasteiger partial charge >= 0.3 is 0 Å². The summed E-state index contributed by atoms with van der Waals surface area (Å²) in [5, 5.41) is 13.9. The van der Waals surface area contributed by atoms with Crippen molar-refractivity contribution in [2.45, 2.75) is 0 Å². The summed E-state index contributed by atoms with van der Waals surface area (Å²) < 4.78 is 14.3. The molecular weight excluding hydrogens is 343 g/mol. The molecule has 0 radical (unpaired) electrons. The Bertz CT molecular complexity index is 721. The zero-order chi connectivity index (χ0) is 15.4. The zero-order valence-corrected chi connectivity index (χ0v) is 12.1. The summed E-state index contributed by atoms with van der Waals surface area (Å²) in [6.45, 7) is 0. The normalized spacial score (nSPS) is 11.2. The molecule has 0 saturated carbocycles. The van der Waals surface area contributed by atoms with E-state index in [1.807, 2.05) is 0 Å². The van der Waals surface area contributed by atoms with E-state index < -0.39 is 17.6 Å². The van der Waals surface area contributed by atoms with Gasteiger partial charge in [0.1, 0.15) is 11.5 Å². The molecule has 0 atom stereocenters. The van der Waals surface area contributed by atoms with E-state index in [0.717, 1.165) is 6.07 Å². The van der Waals surface area contributed by atoms with E-state index in [-0.39, 0.29) is 16.9 Å². The van der Waals surface area contributed by atoms with E-state index in [1.54, 1.807) is 12.1 Å². The Morgan fingerprint density at radius 2 is 2.14 bits per heavy atom. The number of carbonyl (C=O) groups excluding carboxylic acids is 1. The van der Waals surface area contributed by atoms with E-state index in [0.29, 0.717) is 4.47 Å². The highest BCUT2D eigenvalue weighted by Crippen LogP contribution is 2.21. The van der Waals surface area contributed by atoms with Crippen molar-refractivity contribution in [1.29, 1.82) is 0 Å². The molecule has 0 saturated heterocycles. The van der Waals surface area contributed by atoms with Gasteiger partial charge in [-0.05, 0) is 40.2 Å². The number of oxime groups is 1. The van der Waals surface area contributed by atoms with Gasteiger partial charge in [0.25, 0.3) is 5.91 Å². The van der Waals surface area contributed by atoms with Gasteiger partial charge in [-0.25, -0.2) is 9.37 Å². The molecule has 108 valence electrons. The maximum absolute atomic E-state index is 13.8. The Labute approximate surface area is 127 Å². The molecule has 4 N–H and O–H groups in total. The Balaban J connectivity index is 2.39. The fourth-order valence-electron chi connectivity index (χ4n) is 1.67. The molecule has 0 spiro atoms. The number of benzene rings is 1. The van der Waals surface area contributed by atoms with Gasteiger partial charge in [-0.1, -0.05) is 11.2 Å². The van der Waals surface area contributed by atoms with Crippen LogP contribution >= 0.6 is 15.9 Å². The second-order valence-electron chi connectivity index (χ2n) is 3.94. The minimum atomic E-state index is -0.719. The maximum Gasteiger partial charge on any atom is 0.275 e. The quantitative estimate of drug-likeness (QED) is 0.341. The number of hydrogen-bond acceptors (Lipinski definition) is 4. The summed E-state index contributed by atoms with van der Waals surface area (Å²) in [6.07, 6.45) is 1.45. The van der Waals surface area contributed by atoms with Crippen LogP contribution < -0.4 is 11.1 Å².